The largest absolute Gasteiger partial charge is 0.277 e. The number of hydrogen-bond donors (Lipinski definition) is 0. The molecule has 0 radical (unpaired) electrons. The predicted molar refractivity (Wildman–Crippen MR) is 74.2 cm³/mol. The summed E-state index contributed by atoms with van der Waals surface area (Å²) in [6.45, 7) is 0.268. The average molecular weight is 319 g/mol. The molecule has 0 unspecified atom stereocenters. The Bertz CT molecular complexity index is 668. The highest BCUT2D eigenvalue weighted by Crippen LogP contribution is 2.20. The Morgan fingerprint density at radius 2 is 1.84 bits per heavy atom. The molecule has 0 atom stereocenters. The van der Waals surface area contributed by atoms with Crippen LogP contribution in [0.2, 0.25) is 0 Å². The standard InChI is InChI=1S/C14H11BrN2O2/c15-10-2-4-12-9(7-10)1-3-11(16-12)8-17-13(18)5-6-14(17)19/h1-4,7H,5-6,8H2. The minimum atomic E-state index is -0.109. The molecule has 2 heterocycles. The molecule has 1 saturated heterocycles. The molecule has 5 heteroatoms. The second-order valence-corrected chi connectivity index (χ2v) is 5.43. The molecule has 1 aromatic carbocycles. The Hall–Kier alpha value is -1.75. The van der Waals surface area contributed by atoms with Gasteiger partial charge in [-0.25, -0.2) is 0 Å². The van der Waals surface area contributed by atoms with Gasteiger partial charge in [-0.05, 0) is 24.3 Å². The normalized spacial score (nSPS) is 15.5. The van der Waals surface area contributed by atoms with Crippen LogP contribution < -0.4 is 0 Å². The van der Waals surface area contributed by atoms with E-state index >= 15 is 0 Å². The lowest BCUT2D eigenvalue weighted by atomic mass is 10.2. The number of rotatable bonds is 2. The van der Waals surface area contributed by atoms with E-state index < -0.39 is 0 Å². The first-order valence-corrected chi connectivity index (χ1v) is 6.81. The van der Waals surface area contributed by atoms with Crippen molar-refractivity contribution in [2.45, 2.75) is 19.4 Å². The average Bonchev–Trinajstić information content (AvgIpc) is 2.71. The summed E-state index contributed by atoms with van der Waals surface area (Å²) in [7, 11) is 0. The smallest absolute Gasteiger partial charge is 0.230 e. The summed E-state index contributed by atoms with van der Waals surface area (Å²) in [4.78, 5) is 28.9. The Labute approximate surface area is 118 Å². The van der Waals surface area contributed by atoms with Crippen LogP contribution in [-0.4, -0.2) is 21.7 Å². The molecule has 1 aromatic heterocycles. The zero-order valence-corrected chi connectivity index (χ0v) is 11.7. The Kier molecular flexibility index (Phi) is 3.06. The number of carbonyl (C=O) groups excluding carboxylic acids is 2. The summed E-state index contributed by atoms with van der Waals surface area (Å²) in [5.41, 5.74) is 1.60. The molecular weight excluding hydrogens is 308 g/mol. The van der Waals surface area contributed by atoms with Crippen molar-refractivity contribution in [1.29, 1.82) is 0 Å². The second-order valence-electron chi connectivity index (χ2n) is 4.51. The molecule has 0 N–H and O–H groups in total. The summed E-state index contributed by atoms with van der Waals surface area (Å²) in [5, 5.41) is 1.03. The molecule has 1 aliphatic rings. The van der Waals surface area contributed by atoms with E-state index in [-0.39, 0.29) is 18.4 Å². The van der Waals surface area contributed by atoms with Crippen molar-refractivity contribution in [3.05, 3.63) is 40.5 Å². The third-order valence-corrected chi connectivity index (χ3v) is 3.68. The highest BCUT2D eigenvalue weighted by molar-refractivity contribution is 9.10. The summed E-state index contributed by atoms with van der Waals surface area (Å²) in [6, 6.07) is 9.63. The maximum absolute atomic E-state index is 11.6. The van der Waals surface area contributed by atoms with Gasteiger partial charge in [0.2, 0.25) is 11.8 Å². The number of fused-ring (bicyclic) bond motifs is 1. The van der Waals surface area contributed by atoms with Gasteiger partial charge in [0.25, 0.3) is 0 Å². The SMILES string of the molecule is O=C1CCC(=O)N1Cc1ccc2cc(Br)ccc2n1. The van der Waals surface area contributed by atoms with Gasteiger partial charge in [-0.15, -0.1) is 0 Å². The zero-order valence-electron chi connectivity index (χ0n) is 10.1. The second kappa shape index (κ2) is 4.74. The van der Waals surface area contributed by atoms with Gasteiger partial charge < -0.3 is 0 Å². The van der Waals surface area contributed by atoms with E-state index in [1.807, 2.05) is 30.3 Å². The van der Waals surface area contributed by atoms with Gasteiger partial charge in [0.15, 0.2) is 0 Å². The van der Waals surface area contributed by atoms with Crippen LogP contribution in [0.25, 0.3) is 10.9 Å². The van der Waals surface area contributed by atoms with Crippen LogP contribution in [0.3, 0.4) is 0 Å². The molecule has 0 bridgehead atoms. The summed E-state index contributed by atoms with van der Waals surface area (Å²) in [6.07, 6.45) is 0.638. The van der Waals surface area contributed by atoms with Gasteiger partial charge in [-0.2, -0.15) is 0 Å². The molecule has 1 fully saturated rings. The lowest BCUT2D eigenvalue weighted by molar-refractivity contribution is -0.139. The first-order valence-electron chi connectivity index (χ1n) is 6.02. The van der Waals surface area contributed by atoms with Crippen molar-refractivity contribution < 1.29 is 9.59 Å². The number of likely N-dealkylation sites (tertiary alicyclic amines) is 1. The fraction of sp³-hybridized carbons (Fsp3) is 0.214. The van der Waals surface area contributed by atoms with E-state index in [9.17, 15) is 9.59 Å². The molecule has 2 amide bonds. The molecule has 0 aliphatic carbocycles. The summed E-state index contributed by atoms with van der Waals surface area (Å²) < 4.78 is 0.999. The summed E-state index contributed by atoms with van der Waals surface area (Å²) >= 11 is 3.41. The number of hydrogen-bond acceptors (Lipinski definition) is 3. The van der Waals surface area contributed by atoms with E-state index in [0.717, 1.165) is 21.1 Å². The Morgan fingerprint density at radius 3 is 2.58 bits per heavy atom. The number of nitrogens with zero attached hydrogens (tertiary/aromatic N) is 2. The van der Waals surface area contributed by atoms with Crippen LogP contribution in [0.15, 0.2) is 34.8 Å². The molecule has 1 aliphatic heterocycles. The van der Waals surface area contributed by atoms with Crippen molar-refractivity contribution >= 4 is 38.6 Å². The molecular formula is C14H11BrN2O2. The Morgan fingerprint density at radius 1 is 1.11 bits per heavy atom. The van der Waals surface area contributed by atoms with Crippen molar-refractivity contribution in [2.24, 2.45) is 0 Å². The third-order valence-electron chi connectivity index (χ3n) is 3.18. The van der Waals surface area contributed by atoms with Crippen LogP contribution in [0.1, 0.15) is 18.5 Å². The number of halogens is 1. The topological polar surface area (TPSA) is 50.3 Å². The number of carbonyl (C=O) groups is 2. The van der Waals surface area contributed by atoms with Crippen molar-refractivity contribution in [2.75, 3.05) is 0 Å². The minimum absolute atomic E-state index is 0.109. The molecule has 3 rings (SSSR count). The quantitative estimate of drug-likeness (QED) is 0.800. The van der Waals surface area contributed by atoms with Gasteiger partial charge in [-0.3, -0.25) is 19.5 Å². The van der Waals surface area contributed by atoms with Crippen molar-refractivity contribution in [3.8, 4) is 0 Å². The zero-order chi connectivity index (χ0) is 13.4. The lowest BCUT2D eigenvalue weighted by Gasteiger charge is -2.13. The maximum atomic E-state index is 11.6. The fourth-order valence-corrected chi connectivity index (χ4v) is 2.57. The first-order chi connectivity index (χ1) is 9.13. The van der Waals surface area contributed by atoms with Crippen LogP contribution in [0.4, 0.5) is 0 Å². The van der Waals surface area contributed by atoms with E-state index in [2.05, 4.69) is 20.9 Å². The van der Waals surface area contributed by atoms with Crippen LogP contribution in [0, 0.1) is 0 Å². The number of aromatic nitrogens is 1. The molecule has 2 aromatic rings. The minimum Gasteiger partial charge on any atom is -0.277 e. The van der Waals surface area contributed by atoms with E-state index in [1.165, 1.54) is 4.90 Å². The molecule has 0 spiro atoms. The number of imide groups is 1. The monoisotopic (exact) mass is 318 g/mol. The predicted octanol–water partition coefficient (Wildman–Crippen LogP) is 2.65. The summed E-state index contributed by atoms with van der Waals surface area (Å²) in [5.74, 6) is -0.217. The maximum Gasteiger partial charge on any atom is 0.230 e. The number of benzene rings is 1. The number of pyridine rings is 1. The van der Waals surface area contributed by atoms with Crippen molar-refractivity contribution in [3.63, 3.8) is 0 Å². The van der Waals surface area contributed by atoms with Crippen molar-refractivity contribution in [1.82, 2.24) is 9.88 Å². The third kappa shape index (κ3) is 2.38. The molecule has 19 heavy (non-hydrogen) atoms. The molecule has 4 nitrogen and oxygen atoms in total. The highest BCUT2D eigenvalue weighted by atomic mass is 79.9. The van der Waals surface area contributed by atoms with Crippen LogP contribution >= 0.6 is 15.9 Å². The van der Waals surface area contributed by atoms with Gasteiger partial charge >= 0.3 is 0 Å². The van der Waals surface area contributed by atoms with Gasteiger partial charge in [0, 0.05) is 22.7 Å². The van der Waals surface area contributed by atoms with Gasteiger partial charge in [0.05, 0.1) is 17.8 Å². The molecule has 96 valence electrons. The lowest BCUT2D eigenvalue weighted by Crippen LogP contribution is -2.28. The fourth-order valence-electron chi connectivity index (χ4n) is 2.19. The molecule has 0 saturated carbocycles. The number of amides is 2. The highest BCUT2D eigenvalue weighted by Gasteiger charge is 2.28. The van der Waals surface area contributed by atoms with E-state index in [4.69, 9.17) is 0 Å². The van der Waals surface area contributed by atoms with E-state index in [0.29, 0.717) is 12.8 Å². The Balaban J connectivity index is 1.91. The van der Waals surface area contributed by atoms with E-state index in [1.54, 1.807) is 0 Å². The van der Waals surface area contributed by atoms with Gasteiger partial charge in [0.1, 0.15) is 0 Å². The van der Waals surface area contributed by atoms with Crippen LogP contribution in [0.5, 0.6) is 0 Å². The van der Waals surface area contributed by atoms with Gasteiger partial charge in [-0.1, -0.05) is 22.0 Å². The van der Waals surface area contributed by atoms with Crippen LogP contribution in [-0.2, 0) is 16.1 Å². The first kappa shape index (κ1) is 12.3.